The van der Waals surface area contributed by atoms with Crippen LogP contribution in [0.1, 0.15) is 25.2 Å². The molecule has 26 heavy (non-hydrogen) atoms. The predicted molar refractivity (Wildman–Crippen MR) is 99.7 cm³/mol. The van der Waals surface area contributed by atoms with Crippen molar-refractivity contribution in [3.8, 4) is 0 Å². The quantitative estimate of drug-likeness (QED) is 0.607. The highest BCUT2D eigenvalue weighted by Crippen LogP contribution is 2.46. The molecule has 0 N–H and O–H groups in total. The van der Waals surface area contributed by atoms with Crippen LogP contribution in [0.3, 0.4) is 0 Å². The van der Waals surface area contributed by atoms with Crippen LogP contribution in [0.25, 0.3) is 6.08 Å². The summed E-state index contributed by atoms with van der Waals surface area (Å²) in [7, 11) is 1.94. The van der Waals surface area contributed by atoms with Gasteiger partial charge in [-0.3, -0.25) is 4.79 Å². The van der Waals surface area contributed by atoms with Crippen LogP contribution >= 0.6 is 0 Å². The van der Waals surface area contributed by atoms with Crippen molar-refractivity contribution in [3.05, 3.63) is 71.8 Å². The summed E-state index contributed by atoms with van der Waals surface area (Å²) in [4.78, 5) is 26.0. The number of ketones is 1. The van der Waals surface area contributed by atoms with Gasteiger partial charge in [-0.15, -0.1) is 0 Å². The van der Waals surface area contributed by atoms with Crippen molar-refractivity contribution in [2.24, 2.45) is 0 Å². The van der Waals surface area contributed by atoms with Crippen LogP contribution in [-0.2, 0) is 19.7 Å². The summed E-state index contributed by atoms with van der Waals surface area (Å²) >= 11 is 0. The Balaban J connectivity index is 1.65. The first kappa shape index (κ1) is 17.7. The first-order valence-corrected chi connectivity index (χ1v) is 8.36. The van der Waals surface area contributed by atoms with E-state index in [2.05, 4.69) is 19.9 Å². The minimum absolute atomic E-state index is 0.257. The molecule has 2 heterocycles. The molecule has 0 aliphatic carbocycles. The standard InChI is InChI=1S/C21H21NO4/c1-21(2)17-8-4-5-9-18(17)22(3)19(21)13-15(23)14-26-20(24)11-10-16-7-6-12-25-16/h4-13H,14H2,1-3H3/b11-10+,19-13?. The third-order valence-electron chi connectivity index (χ3n) is 4.52. The van der Waals surface area contributed by atoms with E-state index in [9.17, 15) is 9.59 Å². The number of benzene rings is 1. The van der Waals surface area contributed by atoms with Gasteiger partial charge in [-0.1, -0.05) is 32.0 Å². The molecule has 1 aromatic carbocycles. The van der Waals surface area contributed by atoms with Gasteiger partial charge >= 0.3 is 5.97 Å². The van der Waals surface area contributed by atoms with E-state index in [-0.39, 0.29) is 17.8 Å². The maximum Gasteiger partial charge on any atom is 0.331 e. The Morgan fingerprint density at radius 2 is 1.96 bits per heavy atom. The highest BCUT2D eigenvalue weighted by molar-refractivity contribution is 5.95. The van der Waals surface area contributed by atoms with Gasteiger partial charge in [0.15, 0.2) is 12.4 Å². The summed E-state index contributed by atoms with van der Waals surface area (Å²) in [5.41, 5.74) is 2.84. The number of hydrogen-bond donors (Lipinski definition) is 0. The number of allylic oxidation sites excluding steroid dienone is 1. The van der Waals surface area contributed by atoms with Gasteiger partial charge in [-0.2, -0.15) is 0 Å². The molecule has 1 aliphatic heterocycles. The molecule has 0 unspecified atom stereocenters. The highest BCUT2D eigenvalue weighted by atomic mass is 16.5. The van der Waals surface area contributed by atoms with Crippen molar-refractivity contribution >= 4 is 23.5 Å². The van der Waals surface area contributed by atoms with Crippen molar-refractivity contribution in [2.45, 2.75) is 19.3 Å². The molecular weight excluding hydrogens is 330 g/mol. The Morgan fingerprint density at radius 3 is 2.65 bits per heavy atom. The van der Waals surface area contributed by atoms with Crippen LogP contribution in [0.15, 0.2) is 64.9 Å². The van der Waals surface area contributed by atoms with Gasteiger partial charge in [-0.25, -0.2) is 4.79 Å². The van der Waals surface area contributed by atoms with Crippen molar-refractivity contribution in [1.29, 1.82) is 0 Å². The number of nitrogens with zero attached hydrogens (tertiary/aromatic N) is 1. The van der Waals surface area contributed by atoms with Crippen LogP contribution in [-0.4, -0.2) is 25.4 Å². The first-order chi connectivity index (χ1) is 12.4. The molecule has 0 atom stereocenters. The lowest BCUT2D eigenvalue weighted by atomic mass is 9.83. The van der Waals surface area contributed by atoms with E-state index in [0.29, 0.717) is 5.76 Å². The predicted octanol–water partition coefficient (Wildman–Crippen LogP) is 3.72. The number of likely N-dealkylation sites (N-methyl/N-ethyl adjacent to an activating group) is 1. The lowest BCUT2D eigenvalue weighted by Gasteiger charge is -2.23. The second kappa shape index (κ2) is 7.04. The summed E-state index contributed by atoms with van der Waals surface area (Å²) < 4.78 is 10.1. The fourth-order valence-corrected chi connectivity index (χ4v) is 3.18. The van der Waals surface area contributed by atoms with Crippen LogP contribution in [0.4, 0.5) is 5.69 Å². The summed E-state index contributed by atoms with van der Waals surface area (Å²) in [5, 5.41) is 0. The average molecular weight is 351 g/mol. The molecule has 0 bridgehead atoms. The molecule has 0 saturated carbocycles. The molecule has 0 saturated heterocycles. The zero-order valence-electron chi connectivity index (χ0n) is 15.1. The lowest BCUT2D eigenvalue weighted by Crippen LogP contribution is -2.25. The number of rotatable bonds is 5. The average Bonchev–Trinajstić information content (AvgIpc) is 3.21. The van der Waals surface area contributed by atoms with Gasteiger partial charge < -0.3 is 14.1 Å². The van der Waals surface area contributed by atoms with Crippen LogP contribution in [0.5, 0.6) is 0 Å². The van der Waals surface area contributed by atoms with Crippen molar-refractivity contribution < 1.29 is 18.7 Å². The van der Waals surface area contributed by atoms with Gasteiger partial charge in [0.25, 0.3) is 0 Å². The SMILES string of the molecule is CN1C(=CC(=O)COC(=O)/C=C/c2ccco2)C(C)(C)c2ccccc21. The van der Waals surface area contributed by atoms with E-state index in [0.717, 1.165) is 11.4 Å². The third-order valence-corrected chi connectivity index (χ3v) is 4.52. The van der Waals surface area contributed by atoms with Crippen molar-refractivity contribution in [1.82, 2.24) is 0 Å². The minimum atomic E-state index is -0.588. The third kappa shape index (κ3) is 3.47. The Morgan fingerprint density at radius 1 is 1.19 bits per heavy atom. The molecule has 0 spiro atoms. The number of fused-ring (bicyclic) bond motifs is 1. The largest absolute Gasteiger partial charge is 0.465 e. The van der Waals surface area contributed by atoms with E-state index in [4.69, 9.17) is 9.15 Å². The van der Waals surface area contributed by atoms with E-state index in [1.165, 1.54) is 24.0 Å². The number of hydrogen-bond acceptors (Lipinski definition) is 5. The van der Waals surface area contributed by atoms with Gasteiger partial charge in [0.05, 0.1) is 6.26 Å². The van der Waals surface area contributed by atoms with Gasteiger partial charge in [-0.05, 0) is 29.8 Å². The van der Waals surface area contributed by atoms with E-state index in [1.807, 2.05) is 30.1 Å². The summed E-state index contributed by atoms with van der Waals surface area (Å²) in [6.45, 7) is 3.85. The van der Waals surface area contributed by atoms with Gasteiger partial charge in [0, 0.05) is 36.0 Å². The summed E-state index contributed by atoms with van der Waals surface area (Å²) in [6, 6.07) is 11.5. The highest BCUT2D eigenvalue weighted by Gasteiger charge is 2.38. The van der Waals surface area contributed by atoms with Crippen LogP contribution < -0.4 is 4.90 Å². The molecule has 0 amide bonds. The fourth-order valence-electron chi connectivity index (χ4n) is 3.18. The number of carbonyl (C=O) groups excluding carboxylic acids is 2. The van der Waals surface area contributed by atoms with Crippen LogP contribution in [0.2, 0.25) is 0 Å². The molecule has 0 fully saturated rings. The van der Waals surface area contributed by atoms with Gasteiger partial charge in [0.1, 0.15) is 5.76 Å². The Bertz CT molecular complexity index is 875. The topological polar surface area (TPSA) is 59.8 Å². The summed E-state index contributed by atoms with van der Waals surface area (Å²) in [5.74, 6) is -0.301. The maximum atomic E-state index is 12.3. The zero-order chi connectivity index (χ0) is 18.7. The number of furan rings is 1. The molecular formula is C21H21NO4. The number of esters is 1. The molecule has 1 aliphatic rings. The van der Waals surface area contributed by atoms with E-state index < -0.39 is 5.97 Å². The second-order valence-electron chi connectivity index (χ2n) is 6.65. The molecule has 5 heteroatoms. The Hall–Kier alpha value is -3.08. The second-order valence-corrected chi connectivity index (χ2v) is 6.65. The normalized spacial score (nSPS) is 16.9. The Labute approximate surface area is 152 Å². The van der Waals surface area contributed by atoms with Crippen molar-refractivity contribution in [3.63, 3.8) is 0 Å². The number of anilines is 1. The molecule has 134 valence electrons. The molecule has 0 radical (unpaired) electrons. The molecule has 3 rings (SSSR count). The van der Waals surface area contributed by atoms with Crippen LogP contribution in [0, 0.1) is 0 Å². The van der Waals surface area contributed by atoms with E-state index >= 15 is 0 Å². The number of para-hydroxylation sites is 1. The van der Waals surface area contributed by atoms with Gasteiger partial charge in [0.2, 0.25) is 0 Å². The van der Waals surface area contributed by atoms with Crippen molar-refractivity contribution in [2.75, 3.05) is 18.6 Å². The number of carbonyl (C=O) groups is 2. The first-order valence-electron chi connectivity index (χ1n) is 8.36. The molecule has 2 aromatic rings. The fraction of sp³-hybridized carbons (Fsp3) is 0.238. The maximum absolute atomic E-state index is 12.3. The Kier molecular flexibility index (Phi) is 4.80. The monoisotopic (exact) mass is 351 g/mol. The van der Waals surface area contributed by atoms with E-state index in [1.54, 1.807) is 18.2 Å². The minimum Gasteiger partial charge on any atom is -0.465 e. The molecule has 5 nitrogen and oxygen atoms in total. The summed E-state index contributed by atoms with van der Waals surface area (Å²) in [6.07, 6.45) is 5.80. The molecule has 1 aromatic heterocycles. The zero-order valence-corrected chi connectivity index (χ0v) is 15.1. The smallest absolute Gasteiger partial charge is 0.331 e. The lowest BCUT2D eigenvalue weighted by molar-refractivity contribution is -0.141. The number of ether oxygens (including phenoxy) is 1.